The van der Waals surface area contributed by atoms with E-state index in [-0.39, 0.29) is 0 Å². The van der Waals surface area contributed by atoms with Crippen molar-refractivity contribution >= 4 is 13.3 Å². The predicted molar refractivity (Wildman–Crippen MR) is 60.1 cm³/mol. The van der Waals surface area contributed by atoms with Crippen molar-refractivity contribution in [2.75, 3.05) is 0 Å². The van der Waals surface area contributed by atoms with Gasteiger partial charge >= 0.3 is 0 Å². The molecule has 2 rings (SSSR count). The van der Waals surface area contributed by atoms with Crippen LogP contribution in [0.1, 0.15) is 0 Å². The average molecular weight is 166 g/mol. The summed E-state index contributed by atoms with van der Waals surface area (Å²) in [4.78, 5) is 0. The lowest BCUT2D eigenvalue weighted by molar-refractivity contribution is 1.65. The van der Waals surface area contributed by atoms with Crippen LogP contribution in [0.3, 0.4) is 0 Å². The van der Waals surface area contributed by atoms with Gasteiger partial charge in [-0.2, -0.15) is 0 Å². The molecule has 0 unspecified atom stereocenters. The highest BCUT2D eigenvalue weighted by molar-refractivity contribution is 6.35. The molecule has 62 valence electrons. The highest BCUT2D eigenvalue weighted by Gasteiger charge is 1.97. The molecule has 0 saturated heterocycles. The molecular formula is C12H11B. The summed E-state index contributed by atoms with van der Waals surface area (Å²) in [6.07, 6.45) is 0. The van der Waals surface area contributed by atoms with Crippen molar-refractivity contribution in [1.82, 2.24) is 0 Å². The smallest absolute Gasteiger partial charge is 0.0813 e. The largest absolute Gasteiger partial charge is 0.140 e. The zero-order valence-corrected chi connectivity index (χ0v) is 7.70. The Bertz CT molecular complexity index is 393. The van der Waals surface area contributed by atoms with E-state index in [0.29, 0.717) is 0 Å². The minimum absolute atomic E-state index is 1.29. The maximum Gasteiger partial charge on any atom is 0.140 e. The van der Waals surface area contributed by atoms with Crippen LogP contribution < -0.4 is 5.46 Å². The Hall–Kier alpha value is -1.50. The summed E-state index contributed by atoms with van der Waals surface area (Å²) in [6.45, 7) is 0. The molecule has 0 heterocycles. The molecule has 0 fully saturated rings. The molecule has 0 atom stereocenters. The molecular weight excluding hydrogens is 155 g/mol. The fourth-order valence-corrected chi connectivity index (χ4v) is 1.51. The zero-order valence-electron chi connectivity index (χ0n) is 7.70. The Morgan fingerprint density at radius 2 is 1.31 bits per heavy atom. The molecule has 13 heavy (non-hydrogen) atoms. The molecule has 0 spiro atoms. The minimum atomic E-state index is 1.29. The zero-order chi connectivity index (χ0) is 9.10. The molecule has 0 N–H and O–H groups in total. The second-order valence-corrected chi connectivity index (χ2v) is 3.18. The molecule has 0 aliphatic carbocycles. The van der Waals surface area contributed by atoms with Gasteiger partial charge in [-0.05, 0) is 11.1 Å². The van der Waals surface area contributed by atoms with Crippen molar-refractivity contribution in [2.45, 2.75) is 0 Å². The van der Waals surface area contributed by atoms with Gasteiger partial charge in [-0.25, -0.2) is 0 Å². The van der Waals surface area contributed by atoms with Crippen LogP contribution in [0.5, 0.6) is 0 Å². The molecule has 0 saturated carbocycles. The van der Waals surface area contributed by atoms with E-state index in [1.165, 1.54) is 16.6 Å². The third kappa shape index (κ3) is 1.64. The van der Waals surface area contributed by atoms with Crippen molar-refractivity contribution < 1.29 is 0 Å². The summed E-state index contributed by atoms with van der Waals surface area (Å²) in [6, 6.07) is 18.9. The fraction of sp³-hybridized carbons (Fsp3) is 0. The first-order valence-electron chi connectivity index (χ1n) is 4.49. The van der Waals surface area contributed by atoms with Gasteiger partial charge < -0.3 is 0 Å². The molecule has 0 amide bonds. The predicted octanol–water partition coefficient (Wildman–Crippen LogP) is 1.61. The van der Waals surface area contributed by atoms with E-state index in [9.17, 15) is 0 Å². The summed E-state index contributed by atoms with van der Waals surface area (Å²) in [7, 11) is 2.14. The summed E-state index contributed by atoms with van der Waals surface area (Å²) >= 11 is 0. The third-order valence-electron chi connectivity index (χ3n) is 2.23. The van der Waals surface area contributed by atoms with Crippen molar-refractivity contribution in [2.24, 2.45) is 0 Å². The topological polar surface area (TPSA) is 0 Å². The monoisotopic (exact) mass is 166 g/mol. The van der Waals surface area contributed by atoms with Crippen LogP contribution in [0.4, 0.5) is 0 Å². The maximum absolute atomic E-state index is 2.16. The van der Waals surface area contributed by atoms with Crippen molar-refractivity contribution in [3.05, 3.63) is 54.6 Å². The first-order valence-corrected chi connectivity index (χ1v) is 4.49. The van der Waals surface area contributed by atoms with Crippen molar-refractivity contribution in [1.29, 1.82) is 0 Å². The molecule has 0 radical (unpaired) electrons. The van der Waals surface area contributed by atoms with Crippen molar-refractivity contribution in [3.63, 3.8) is 0 Å². The highest BCUT2D eigenvalue weighted by Crippen LogP contribution is 2.15. The van der Waals surface area contributed by atoms with Crippen LogP contribution in [0, 0.1) is 0 Å². The summed E-state index contributed by atoms with van der Waals surface area (Å²) < 4.78 is 0. The average Bonchev–Trinajstić information content (AvgIpc) is 2.20. The summed E-state index contributed by atoms with van der Waals surface area (Å²) in [5.41, 5.74) is 3.94. The minimum Gasteiger partial charge on any atom is -0.0813 e. The number of rotatable bonds is 1. The standard InChI is InChI=1S/C12H11B/c13-12-9-5-4-8-11(12)10-6-2-1-3-7-10/h1-9H,13H2. The highest BCUT2D eigenvalue weighted by atomic mass is 14.0. The van der Waals surface area contributed by atoms with E-state index < -0.39 is 0 Å². The van der Waals surface area contributed by atoms with E-state index >= 15 is 0 Å². The van der Waals surface area contributed by atoms with Crippen LogP contribution in [-0.2, 0) is 0 Å². The molecule has 1 heteroatoms. The van der Waals surface area contributed by atoms with Crippen LogP contribution >= 0.6 is 0 Å². The molecule has 2 aromatic rings. The van der Waals surface area contributed by atoms with Gasteiger partial charge in [0.05, 0.1) is 0 Å². The van der Waals surface area contributed by atoms with Crippen LogP contribution in [-0.4, -0.2) is 7.85 Å². The Labute approximate surface area is 79.6 Å². The van der Waals surface area contributed by atoms with Gasteiger partial charge in [-0.1, -0.05) is 60.1 Å². The second-order valence-electron chi connectivity index (χ2n) is 3.18. The van der Waals surface area contributed by atoms with Gasteiger partial charge in [0.25, 0.3) is 0 Å². The molecule has 0 aliphatic rings. The van der Waals surface area contributed by atoms with E-state index in [1.807, 2.05) is 6.07 Å². The molecule has 0 nitrogen and oxygen atoms in total. The summed E-state index contributed by atoms with van der Waals surface area (Å²) in [5.74, 6) is 0. The van der Waals surface area contributed by atoms with Gasteiger partial charge in [-0.15, -0.1) is 0 Å². The fourth-order valence-electron chi connectivity index (χ4n) is 1.51. The summed E-state index contributed by atoms with van der Waals surface area (Å²) in [5, 5.41) is 0. The van der Waals surface area contributed by atoms with Crippen molar-refractivity contribution in [3.8, 4) is 11.1 Å². The van der Waals surface area contributed by atoms with Gasteiger partial charge in [0.2, 0.25) is 0 Å². The van der Waals surface area contributed by atoms with Gasteiger partial charge in [0, 0.05) is 0 Å². The van der Waals surface area contributed by atoms with E-state index in [2.05, 4.69) is 56.4 Å². The van der Waals surface area contributed by atoms with Gasteiger partial charge in [-0.3, -0.25) is 0 Å². The van der Waals surface area contributed by atoms with Gasteiger partial charge in [0.15, 0.2) is 0 Å². The molecule has 0 bridgehead atoms. The van der Waals surface area contributed by atoms with E-state index in [0.717, 1.165) is 0 Å². The Balaban J connectivity index is 2.54. The lowest BCUT2D eigenvalue weighted by Gasteiger charge is -2.04. The molecule has 0 aromatic heterocycles. The maximum atomic E-state index is 2.16. The number of hydrogen-bond acceptors (Lipinski definition) is 0. The van der Waals surface area contributed by atoms with E-state index in [1.54, 1.807) is 0 Å². The lowest BCUT2D eigenvalue weighted by atomic mass is 9.87. The normalized spacial score (nSPS) is 9.85. The van der Waals surface area contributed by atoms with Crippen LogP contribution in [0.25, 0.3) is 11.1 Å². The quantitative estimate of drug-likeness (QED) is 0.564. The van der Waals surface area contributed by atoms with Crippen LogP contribution in [0.15, 0.2) is 54.6 Å². The van der Waals surface area contributed by atoms with Crippen LogP contribution in [0.2, 0.25) is 0 Å². The third-order valence-corrected chi connectivity index (χ3v) is 2.23. The number of benzene rings is 2. The number of hydrogen-bond donors (Lipinski definition) is 0. The Morgan fingerprint density at radius 1 is 0.692 bits per heavy atom. The SMILES string of the molecule is Bc1ccccc1-c1ccccc1. The molecule has 0 aliphatic heterocycles. The van der Waals surface area contributed by atoms with Gasteiger partial charge in [0.1, 0.15) is 7.85 Å². The van der Waals surface area contributed by atoms with E-state index in [4.69, 9.17) is 0 Å². The first-order chi connectivity index (χ1) is 6.38. The molecule has 2 aromatic carbocycles. The lowest BCUT2D eigenvalue weighted by Crippen LogP contribution is -2.04. The second kappa shape index (κ2) is 3.48. The first kappa shape index (κ1) is 8.12. The Kier molecular flexibility index (Phi) is 2.18. The Morgan fingerprint density at radius 3 is 2.00 bits per heavy atom.